The Hall–Kier alpha value is -3.60. The van der Waals surface area contributed by atoms with Gasteiger partial charge >= 0.3 is 5.97 Å². The molecule has 1 heterocycles. The second kappa shape index (κ2) is 11.2. The number of benzene rings is 3. The van der Waals surface area contributed by atoms with Crippen molar-refractivity contribution in [3.8, 4) is 17.1 Å². The summed E-state index contributed by atoms with van der Waals surface area (Å²) >= 11 is 0. The number of ether oxygens (including phenoxy) is 1. The van der Waals surface area contributed by atoms with E-state index in [9.17, 15) is 9.90 Å². The standard InChI is InChI=1S/C28H28N2O3.C2H6/c1-19(20-8-4-2-5-9-20)33-24-15-12-21(13-16-24)27-29-25-18-22(28(31)32)14-17-26(25)30(27)23-10-6-3-7-11-23;1-2/h2,4-5,8-9,12-19,23H,3,6-7,10-11H2,1H3,(H,31,32);1-2H3. The first-order valence-electron chi connectivity index (χ1n) is 12.7. The molecule has 5 rings (SSSR count). The van der Waals surface area contributed by atoms with Gasteiger partial charge in [-0.2, -0.15) is 0 Å². The van der Waals surface area contributed by atoms with Gasteiger partial charge in [0.1, 0.15) is 17.7 Å². The summed E-state index contributed by atoms with van der Waals surface area (Å²) in [6, 6.07) is 23.9. The van der Waals surface area contributed by atoms with Gasteiger partial charge in [-0.3, -0.25) is 0 Å². The van der Waals surface area contributed by atoms with Gasteiger partial charge in [0, 0.05) is 11.6 Å². The van der Waals surface area contributed by atoms with E-state index in [0.29, 0.717) is 6.04 Å². The van der Waals surface area contributed by atoms with E-state index in [1.54, 1.807) is 12.1 Å². The van der Waals surface area contributed by atoms with Crippen LogP contribution in [0, 0.1) is 0 Å². The zero-order chi connectivity index (χ0) is 24.8. The lowest BCUT2D eigenvalue weighted by Crippen LogP contribution is -2.14. The minimum Gasteiger partial charge on any atom is -0.486 e. The quantitative estimate of drug-likeness (QED) is 0.309. The maximum atomic E-state index is 11.5. The molecule has 1 saturated carbocycles. The predicted molar refractivity (Wildman–Crippen MR) is 141 cm³/mol. The normalized spacial score (nSPS) is 14.7. The molecule has 182 valence electrons. The van der Waals surface area contributed by atoms with Crippen molar-refractivity contribution in [3.05, 3.63) is 83.9 Å². The number of aromatic carboxylic acids is 1. The molecule has 0 amide bonds. The number of hydrogen-bond donors (Lipinski definition) is 1. The summed E-state index contributed by atoms with van der Waals surface area (Å²) in [4.78, 5) is 16.4. The van der Waals surface area contributed by atoms with Gasteiger partial charge in [-0.1, -0.05) is 63.4 Å². The molecule has 0 radical (unpaired) electrons. The Balaban J connectivity index is 0.00000141. The highest BCUT2D eigenvalue weighted by molar-refractivity contribution is 5.93. The van der Waals surface area contributed by atoms with Crippen LogP contribution >= 0.6 is 0 Å². The molecule has 1 aliphatic rings. The number of aromatic nitrogens is 2. The summed E-state index contributed by atoms with van der Waals surface area (Å²) in [5.41, 5.74) is 4.14. The fraction of sp³-hybridized carbons (Fsp3) is 0.333. The van der Waals surface area contributed by atoms with Crippen molar-refractivity contribution in [1.82, 2.24) is 9.55 Å². The van der Waals surface area contributed by atoms with Gasteiger partial charge in [-0.25, -0.2) is 9.78 Å². The zero-order valence-corrected chi connectivity index (χ0v) is 20.8. The monoisotopic (exact) mass is 470 g/mol. The summed E-state index contributed by atoms with van der Waals surface area (Å²) in [7, 11) is 0. The summed E-state index contributed by atoms with van der Waals surface area (Å²) in [5, 5.41) is 9.42. The van der Waals surface area contributed by atoms with Crippen LogP contribution in [0.15, 0.2) is 72.8 Å². The maximum Gasteiger partial charge on any atom is 0.335 e. The maximum absolute atomic E-state index is 11.5. The SMILES string of the molecule is CC.CC(Oc1ccc(-c2nc3cc(C(=O)O)ccc3n2C2CCCCC2)cc1)c1ccccc1. The average Bonchev–Trinajstić information content (AvgIpc) is 3.30. The molecule has 1 atom stereocenters. The molecule has 1 N–H and O–H groups in total. The lowest BCUT2D eigenvalue weighted by molar-refractivity contribution is 0.0697. The molecule has 0 aliphatic heterocycles. The molecular formula is C30H34N2O3. The lowest BCUT2D eigenvalue weighted by Gasteiger charge is -2.25. The number of fused-ring (bicyclic) bond motifs is 1. The Labute approximate surface area is 207 Å². The predicted octanol–water partition coefficient (Wildman–Crippen LogP) is 8.07. The van der Waals surface area contributed by atoms with E-state index in [4.69, 9.17) is 9.72 Å². The van der Waals surface area contributed by atoms with E-state index in [1.165, 1.54) is 19.3 Å². The first-order chi connectivity index (χ1) is 17.1. The van der Waals surface area contributed by atoms with Crippen LogP contribution in [-0.2, 0) is 0 Å². The number of hydrogen-bond acceptors (Lipinski definition) is 3. The molecule has 1 aliphatic carbocycles. The molecule has 1 aromatic heterocycles. The van der Waals surface area contributed by atoms with Crippen molar-refractivity contribution in [2.24, 2.45) is 0 Å². The Kier molecular flexibility index (Phi) is 7.86. The van der Waals surface area contributed by atoms with Crippen LogP contribution in [0.5, 0.6) is 5.75 Å². The van der Waals surface area contributed by atoms with Crippen LogP contribution in [0.3, 0.4) is 0 Å². The van der Waals surface area contributed by atoms with Crippen LogP contribution in [0.4, 0.5) is 0 Å². The third kappa shape index (κ3) is 5.40. The largest absolute Gasteiger partial charge is 0.486 e. The van der Waals surface area contributed by atoms with Crippen molar-refractivity contribution in [1.29, 1.82) is 0 Å². The summed E-state index contributed by atoms with van der Waals surface area (Å²) in [6.45, 7) is 6.05. The Morgan fingerprint density at radius 3 is 2.31 bits per heavy atom. The first kappa shape index (κ1) is 24.5. The van der Waals surface area contributed by atoms with Gasteiger partial charge in [-0.15, -0.1) is 0 Å². The van der Waals surface area contributed by atoms with E-state index in [1.807, 2.05) is 69.3 Å². The highest BCUT2D eigenvalue weighted by Crippen LogP contribution is 2.36. The highest BCUT2D eigenvalue weighted by atomic mass is 16.5. The number of imidazole rings is 1. The lowest BCUT2D eigenvalue weighted by atomic mass is 9.95. The molecule has 35 heavy (non-hydrogen) atoms. The third-order valence-corrected chi connectivity index (χ3v) is 6.57. The Bertz CT molecular complexity index is 1260. The summed E-state index contributed by atoms with van der Waals surface area (Å²) in [6.07, 6.45) is 5.89. The number of carboxylic acids is 1. The Morgan fingerprint density at radius 2 is 1.66 bits per heavy atom. The molecule has 5 nitrogen and oxygen atoms in total. The molecule has 0 spiro atoms. The smallest absolute Gasteiger partial charge is 0.335 e. The molecule has 3 aromatic carbocycles. The second-order valence-electron chi connectivity index (χ2n) is 8.80. The van der Waals surface area contributed by atoms with Gasteiger partial charge in [0.15, 0.2) is 0 Å². The van der Waals surface area contributed by atoms with Gasteiger partial charge in [0.2, 0.25) is 0 Å². The number of rotatable bonds is 6. The van der Waals surface area contributed by atoms with Crippen molar-refractivity contribution in [2.75, 3.05) is 0 Å². The Morgan fingerprint density at radius 1 is 0.971 bits per heavy atom. The van der Waals surface area contributed by atoms with Crippen LogP contribution in [0.1, 0.15) is 80.9 Å². The highest BCUT2D eigenvalue weighted by Gasteiger charge is 2.23. The van der Waals surface area contributed by atoms with E-state index in [-0.39, 0.29) is 11.7 Å². The molecule has 0 bridgehead atoms. The van der Waals surface area contributed by atoms with Gasteiger partial charge < -0.3 is 14.4 Å². The van der Waals surface area contributed by atoms with Crippen LogP contribution in [0.25, 0.3) is 22.4 Å². The van der Waals surface area contributed by atoms with Crippen molar-refractivity contribution in [3.63, 3.8) is 0 Å². The van der Waals surface area contributed by atoms with Crippen LogP contribution in [-0.4, -0.2) is 20.6 Å². The topological polar surface area (TPSA) is 64.3 Å². The molecule has 0 saturated heterocycles. The van der Waals surface area contributed by atoms with Crippen LogP contribution < -0.4 is 4.74 Å². The van der Waals surface area contributed by atoms with E-state index < -0.39 is 5.97 Å². The summed E-state index contributed by atoms with van der Waals surface area (Å²) < 4.78 is 8.47. The molecule has 1 unspecified atom stereocenters. The third-order valence-electron chi connectivity index (χ3n) is 6.57. The van der Waals surface area contributed by atoms with Crippen molar-refractivity contribution >= 4 is 17.0 Å². The first-order valence-corrected chi connectivity index (χ1v) is 12.7. The van der Waals surface area contributed by atoms with Gasteiger partial charge in [0.05, 0.1) is 16.6 Å². The van der Waals surface area contributed by atoms with Crippen molar-refractivity contribution < 1.29 is 14.6 Å². The van der Waals surface area contributed by atoms with Crippen LogP contribution in [0.2, 0.25) is 0 Å². The molecular weight excluding hydrogens is 436 g/mol. The summed E-state index contributed by atoms with van der Waals surface area (Å²) in [5.74, 6) is 0.769. The van der Waals surface area contributed by atoms with E-state index in [0.717, 1.165) is 46.6 Å². The number of carboxylic acid groups (broad SMARTS) is 1. The van der Waals surface area contributed by atoms with E-state index in [2.05, 4.69) is 16.7 Å². The number of nitrogens with zero attached hydrogens (tertiary/aromatic N) is 2. The molecule has 4 aromatic rings. The minimum absolute atomic E-state index is 0.0432. The molecule has 1 fully saturated rings. The second-order valence-corrected chi connectivity index (χ2v) is 8.80. The van der Waals surface area contributed by atoms with Crippen molar-refractivity contribution in [2.45, 2.75) is 65.0 Å². The fourth-order valence-corrected chi connectivity index (χ4v) is 4.82. The average molecular weight is 471 g/mol. The number of carbonyl (C=O) groups is 1. The zero-order valence-electron chi connectivity index (χ0n) is 20.8. The van der Waals surface area contributed by atoms with Gasteiger partial charge in [-0.05, 0) is 67.8 Å². The molecule has 5 heteroatoms. The fourth-order valence-electron chi connectivity index (χ4n) is 4.82. The van der Waals surface area contributed by atoms with E-state index >= 15 is 0 Å². The van der Waals surface area contributed by atoms with Gasteiger partial charge in [0.25, 0.3) is 0 Å². The minimum atomic E-state index is -0.931.